The Bertz CT molecular complexity index is 1020. The lowest BCUT2D eigenvalue weighted by molar-refractivity contribution is -0.222. The summed E-state index contributed by atoms with van der Waals surface area (Å²) in [4.78, 5) is 22.8. The molecule has 0 saturated carbocycles. The molecule has 158 valence electrons. The summed E-state index contributed by atoms with van der Waals surface area (Å²) in [6.45, 7) is 2.79. The Morgan fingerprint density at radius 3 is 1.80 bits per heavy atom. The Morgan fingerprint density at radius 1 is 0.833 bits per heavy atom. The van der Waals surface area contributed by atoms with E-state index in [-0.39, 0.29) is 10.5 Å². The summed E-state index contributed by atoms with van der Waals surface area (Å²) < 4.78 is 77.1. The molecule has 1 N–H and O–H groups in total. The Balaban J connectivity index is 1.76. The van der Waals surface area contributed by atoms with Crippen molar-refractivity contribution in [1.29, 1.82) is 0 Å². The molecule has 30 heavy (non-hydrogen) atoms. The van der Waals surface area contributed by atoms with Gasteiger partial charge in [-0.1, -0.05) is 11.8 Å². The molecular weight excluding hydrogens is 433 g/mol. The molecule has 1 fully saturated rings. The maximum Gasteiger partial charge on any atom is 0.350 e. The first kappa shape index (κ1) is 21.6. The van der Waals surface area contributed by atoms with Gasteiger partial charge in [-0.05, 0) is 24.3 Å². The van der Waals surface area contributed by atoms with Gasteiger partial charge in [-0.3, -0.25) is 0 Å². The predicted molar refractivity (Wildman–Crippen MR) is 94.8 cm³/mol. The molecule has 0 atom stereocenters. The van der Waals surface area contributed by atoms with Crippen molar-refractivity contribution in [1.82, 2.24) is 0 Å². The summed E-state index contributed by atoms with van der Waals surface area (Å²) in [5.74, 6) is -13.3. The third kappa shape index (κ3) is 4.25. The average molecular weight is 445 g/mol. The highest BCUT2D eigenvalue weighted by Gasteiger charge is 2.39. The van der Waals surface area contributed by atoms with E-state index in [4.69, 9.17) is 9.47 Å². The van der Waals surface area contributed by atoms with Crippen molar-refractivity contribution in [3.63, 3.8) is 0 Å². The fourth-order valence-electron chi connectivity index (χ4n) is 2.35. The molecular formula is C19H12F5NO4S. The van der Waals surface area contributed by atoms with E-state index in [0.717, 1.165) is 6.20 Å². The van der Waals surface area contributed by atoms with Crippen LogP contribution >= 0.6 is 11.8 Å². The summed E-state index contributed by atoms with van der Waals surface area (Å²) in [5.41, 5.74) is -0.0242. The van der Waals surface area contributed by atoms with Gasteiger partial charge in [0, 0.05) is 30.6 Å². The van der Waals surface area contributed by atoms with Crippen molar-refractivity contribution in [2.75, 3.05) is 5.32 Å². The number of cyclic esters (lactones) is 2. The first-order chi connectivity index (χ1) is 14.0. The molecule has 0 aromatic heterocycles. The van der Waals surface area contributed by atoms with Crippen molar-refractivity contribution in [3.05, 3.63) is 65.1 Å². The van der Waals surface area contributed by atoms with Gasteiger partial charge in [0.15, 0.2) is 28.8 Å². The number of hydrogen-bond donors (Lipinski definition) is 1. The van der Waals surface area contributed by atoms with Crippen LogP contribution in [0.4, 0.5) is 27.6 Å². The highest BCUT2D eigenvalue weighted by Crippen LogP contribution is 2.36. The van der Waals surface area contributed by atoms with Crippen LogP contribution < -0.4 is 5.32 Å². The number of rotatable bonds is 4. The molecule has 0 amide bonds. The number of ether oxygens (including phenoxy) is 2. The summed E-state index contributed by atoms with van der Waals surface area (Å²) in [7, 11) is 0. The number of nitrogens with one attached hydrogen (secondary N) is 1. The zero-order valence-corrected chi connectivity index (χ0v) is 16.1. The van der Waals surface area contributed by atoms with Crippen molar-refractivity contribution >= 4 is 29.4 Å². The number of anilines is 1. The fourth-order valence-corrected chi connectivity index (χ4v) is 3.21. The predicted octanol–water partition coefficient (Wildman–Crippen LogP) is 4.67. The molecule has 0 radical (unpaired) electrons. The molecule has 0 unspecified atom stereocenters. The van der Waals surface area contributed by atoms with E-state index in [9.17, 15) is 31.5 Å². The number of carbonyl (C=O) groups is 2. The minimum absolute atomic E-state index is 0.176. The van der Waals surface area contributed by atoms with E-state index >= 15 is 0 Å². The van der Waals surface area contributed by atoms with Crippen molar-refractivity contribution < 1.29 is 41.0 Å². The van der Waals surface area contributed by atoms with Gasteiger partial charge in [0.25, 0.3) is 5.79 Å². The summed E-state index contributed by atoms with van der Waals surface area (Å²) in [6, 6.07) is 5.47. The minimum Gasteiger partial charge on any atom is -0.419 e. The highest BCUT2D eigenvalue weighted by molar-refractivity contribution is 7.99. The van der Waals surface area contributed by atoms with Gasteiger partial charge in [0.05, 0.1) is 4.90 Å². The van der Waals surface area contributed by atoms with Gasteiger partial charge < -0.3 is 14.8 Å². The Labute approximate surface area is 170 Å². The number of halogens is 5. The molecule has 0 bridgehead atoms. The lowest BCUT2D eigenvalue weighted by Gasteiger charge is -2.29. The topological polar surface area (TPSA) is 64.6 Å². The first-order valence-corrected chi connectivity index (χ1v) is 9.04. The van der Waals surface area contributed by atoms with Crippen LogP contribution in [0.1, 0.15) is 13.8 Å². The van der Waals surface area contributed by atoms with Crippen LogP contribution in [0.25, 0.3) is 0 Å². The molecule has 0 aliphatic carbocycles. The second-order valence-electron chi connectivity index (χ2n) is 6.41. The zero-order valence-electron chi connectivity index (χ0n) is 15.3. The lowest BCUT2D eigenvalue weighted by atomic mass is 10.2. The molecule has 11 heteroatoms. The van der Waals surface area contributed by atoms with Crippen LogP contribution in [0.15, 0.2) is 45.8 Å². The van der Waals surface area contributed by atoms with Crippen LogP contribution in [0.2, 0.25) is 0 Å². The van der Waals surface area contributed by atoms with Crippen LogP contribution in [-0.2, 0) is 19.1 Å². The molecule has 0 spiro atoms. The Kier molecular flexibility index (Phi) is 5.75. The highest BCUT2D eigenvalue weighted by atomic mass is 32.2. The average Bonchev–Trinajstić information content (AvgIpc) is 2.67. The van der Waals surface area contributed by atoms with Crippen LogP contribution in [-0.4, -0.2) is 17.7 Å². The standard InChI is InChI=1S/C19H12F5NO4S/c1-19(2)28-17(26)10(18(27)29-19)7-25-8-3-5-9(6-4-8)30-16-14(23)12(21)11(20)13(22)15(16)24/h3-7,25H,1-2H3. The maximum absolute atomic E-state index is 13.8. The molecule has 1 aliphatic rings. The van der Waals surface area contributed by atoms with Gasteiger partial charge >= 0.3 is 11.9 Å². The van der Waals surface area contributed by atoms with E-state index in [1.165, 1.54) is 38.1 Å². The molecule has 2 aromatic carbocycles. The number of hydrogen-bond acceptors (Lipinski definition) is 6. The van der Waals surface area contributed by atoms with Gasteiger partial charge in [0.1, 0.15) is 0 Å². The van der Waals surface area contributed by atoms with E-state index in [2.05, 4.69) is 5.32 Å². The summed E-state index contributed by atoms with van der Waals surface area (Å²) in [5, 5.41) is 2.65. The van der Waals surface area contributed by atoms with Crippen LogP contribution in [0.5, 0.6) is 0 Å². The van der Waals surface area contributed by atoms with E-state index < -0.39 is 51.7 Å². The molecule has 3 rings (SSSR count). The number of esters is 2. The van der Waals surface area contributed by atoms with E-state index in [1.54, 1.807) is 0 Å². The van der Waals surface area contributed by atoms with Crippen molar-refractivity contribution in [2.45, 2.75) is 29.4 Å². The normalized spacial score (nSPS) is 15.5. The maximum atomic E-state index is 13.8. The lowest BCUT2D eigenvalue weighted by Crippen LogP contribution is -2.42. The zero-order chi connectivity index (χ0) is 22.2. The van der Waals surface area contributed by atoms with Crippen molar-refractivity contribution in [2.24, 2.45) is 0 Å². The third-order valence-corrected chi connectivity index (χ3v) is 4.81. The molecule has 2 aromatic rings. The second kappa shape index (κ2) is 7.98. The largest absolute Gasteiger partial charge is 0.419 e. The van der Waals surface area contributed by atoms with Crippen LogP contribution in [0, 0.1) is 29.1 Å². The SMILES string of the molecule is CC1(C)OC(=O)C(=CNc2ccc(Sc3c(F)c(F)c(F)c(F)c3F)cc2)C(=O)O1. The molecule has 1 saturated heterocycles. The number of benzene rings is 2. The Hall–Kier alpha value is -3.08. The smallest absolute Gasteiger partial charge is 0.350 e. The molecule has 5 nitrogen and oxygen atoms in total. The first-order valence-electron chi connectivity index (χ1n) is 8.23. The van der Waals surface area contributed by atoms with E-state index in [0.29, 0.717) is 17.4 Å². The second-order valence-corrected chi connectivity index (χ2v) is 7.49. The monoisotopic (exact) mass is 445 g/mol. The summed E-state index contributed by atoms with van der Waals surface area (Å²) >= 11 is 0.345. The molecule has 1 aliphatic heterocycles. The Morgan fingerprint density at radius 2 is 1.30 bits per heavy atom. The van der Waals surface area contributed by atoms with Crippen molar-refractivity contribution in [3.8, 4) is 0 Å². The fraction of sp³-hybridized carbons (Fsp3) is 0.158. The number of carbonyl (C=O) groups excluding carboxylic acids is 2. The van der Waals surface area contributed by atoms with Gasteiger partial charge in [-0.2, -0.15) is 0 Å². The van der Waals surface area contributed by atoms with Gasteiger partial charge in [0.2, 0.25) is 5.82 Å². The quantitative estimate of drug-likeness (QED) is 0.184. The minimum atomic E-state index is -2.23. The molecule has 1 heterocycles. The van der Waals surface area contributed by atoms with Crippen LogP contribution in [0.3, 0.4) is 0 Å². The summed E-state index contributed by atoms with van der Waals surface area (Å²) in [6.07, 6.45) is 1.06. The van der Waals surface area contributed by atoms with E-state index in [1.807, 2.05) is 0 Å². The van der Waals surface area contributed by atoms with Gasteiger partial charge in [-0.25, -0.2) is 31.5 Å². The van der Waals surface area contributed by atoms with Gasteiger partial charge in [-0.15, -0.1) is 0 Å². The third-order valence-electron chi connectivity index (χ3n) is 3.74.